The quantitative estimate of drug-likeness (QED) is 0.859. The van der Waals surface area contributed by atoms with Gasteiger partial charge in [0, 0.05) is 51.2 Å². The van der Waals surface area contributed by atoms with Gasteiger partial charge in [0.15, 0.2) is 5.79 Å². The van der Waals surface area contributed by atoms with Crippen molar-refractivity contribution >= 4 is 29.1 Å². The number of piperidine rings is 1. The second-order valence-corrected chi connectivity index (χ2v) is 6.82. The van der Waals surface area contributed by atoms with Crippen molar-refractivity contribution < 1.29 is 23.9 Å². The van der Waals surface area contributed by atoms with Crippen LogP contribution in [0, 0.1) is 0 Å². The van der Waals surface area contributed by atoms with E-state index in [0.29, 0.717) is 50.5 Å². The lowest BCUT2D eigenvalue weighted by Crippen LogP contribution is -2.50. The van der Waals surface area contributed by atoms with E-state index < -0.39 is 5.79 Å². The molecule has 2 aliphatic rings. The highest BCUT2D eigenvalue weighted by molar-refractivity contribution is 5.98. The topological polar surface area (TPSA) is 88.2 Å². The van der Waals surface area contributed by atoms with E-state index in [2.05, 4.69) is 5.32 Å². The molecule has 8 nitrogen and oxygen atoms in total. The number of amides is 3. The number of hydrogen-bond acceptors (Lipinski definition) is 5. The van der Waals surface area contributed by atoms with E-state index in [1.807, 2.05) is 0 Å². The third-order valence-electron chi connectivity index (χ3n) is 4.86. The first-order chi connectivity index (χ1) is 12.9. The Morgan fingerprint density at radius 1 is 1.07 bits per heavy atom. The standard InChI is InChI=1S/C19H25N3O5/c1-14(23)20-16-3-5-17(6-4-16)22(15(2)24)13-18(25)21-9-7-19(8-10-21)26-11-12-27-19/h3-6H,7-13H2,1-2H3,(H,20,23). The van der Waals surface area contributed by atoms with Gasteiger partial charge in [0.05, 0.1) is 13.2 Å². The Morgan fingerprint density at radius 2 is 1.67 bits per heavy atom. The number of anilines is 2. The van der Waals surface area contributed by atoms with Gasteiger partial charge in [-0.2, -0.15) is 0 Å². The van der Waals surface area contributed by atoms with Gasteiger partial charge < -0.3 is 24.6 Å². The monoisotopic (exact) mass is 375 g/mol. The number of likely N-dealkylation sites (tertiary alicyclic amines) is 1. The average molecular weight is 375 g/mol. The molecule has 2 aliphatic heterocycles. The minimum absolute atomic E-state index is 0.0243. The van der Waals surface area contributed by atoms with Crippen LogP contribution in [0.15, 0.2) is 24.3 Å². The molecule has 0 radical (unpaired) electrons. The Morgan fingerprint density at radius 3 is 2.19 bits per heavy atom. The summed E-state index contributed by atoms with van der Waals surface area (Å²) >= 11 is 0. The largest absolute Gasteiger partial charge is 0.347 e. The lowest BCUT2D eigenvalue weighted by Gasteiger charge is -2.38. The highest BCUT2D eigenvalue weighted by atomic mass is 16.7. The van der Waals surface area contributed by atoms with Crippen LogP contribution in [0.1, 0.15) is 26.7 Å². The summed E-state index contributed by atoms with van der Waals surface area (Å²) in [4.78, 5) is 39.1. The third kappa shape index (κ3) is 4.64. The van der Waals surface area contributed by atoms with E-state index in [1.165, 1.54) is 18.7 Å². The van der Waals surface area contributed by atoms with Crippen LogP contribution in [0.25, 0.3) is 0 Å². The molecule has 3 amide bonds. The van der Waals surface area contributed by atoms with Gasteiger partial charge in [0.1, 0.15) is 6.54 Å². The van der Waals surface area contributed by atoms with Crippen molar-refractivity contribution in [2.24, 2.45) is 0 Å². The molecule has 27 heavy (non-hydrogen) atoms. The molecule has 1 aromatic rings. The zero-order chi connectivity index (χ0) is 19.4. The van der Waals surface area contributed by atoms with Crippen molar-refractivity contribution in [3.05, 3.63) is 24.3 Å². The molecule has 0 atom stereocenters. The maximum atomic E-state index is 12.7. The van der Waals surface area contributed by atoms with Gasteiger partial charge in [0.2, 0.25) is 17.7 Å². The van der Waals surface area contributed by atoms with Gasteiger partial charge >= 0.3 is 0 Å². The molecular formula is C19H25N3O5. The first-order valence-electron chi connectivity index (χ1n) is 9.10. The number of ether oxygens (including phenoxy) is 2. The smallest absolute Gasteiger partial charge is 0.242 e. The van der Waals surface area contributed by atoms with Gasteiger partial charge in [-0.05, 0) is 24.3 Å². The van der Waals surface area contributed by atoms with E-state index in [0.717, 1.165) is 0 Å². The molecular weight excluding hydrogens is 350 g/mol. The van der Waals surface area contributed by atoms with Crippen LogP contribution in [0.3, 0.4) is 0 Å². The molecule has 0 bridgehead atoms. The highest BCUT2D eigenvalue weighted by Crippen LogP contribution is 2.31. The summed E-state index contributed by atoms with van der Waals surface area (Å²) in [6.07, 6.45) is 1.29. The molecule has 2 fully saturated rings. The van der Waals surface area contributed by atoms with Crippen LogP contribution in [-0.2, 0) is 23.9 Å². The summed E-state index contributed by atoms with van der Waals surface area (Å²) in [5.41, 5.74) is 1.25. The molecule has 146 valence electrons. The zero-order valence-corrected chi connectivity index (χ0v) is 15.7. The summed E-state index contributed by atoms with van der Waals surface area (Å²) in [6.45, 7) is 5.13. The average Bonchev–Trinajstić information content (AvgIpc) is 3.08. The predicted molar refractivity (Wildman–Crippen MR) is 99.2 cm³/mol. The molecule has 1 spiro atoms. The first-order valence-corrected chi connectivity index (χ1v) is 9.10. The fourth-order valence-electron chi connectivity index (χ4n) is 3.43. The highest BCUT2D eigenvalue weighted by Gasteiger charge is 2.40. The molecule has 1 N–H and O–H groups in total. The van der Waals surface area contributed by atoms with Gasteiger partial charge in [0.25, 0.3) is 0 Å². The Balaban J connectivity index is 1.61. The fourth-order valence-corrected chi connectivity index (χ4v) is 3.43. The summed E-state index contributed by atoms with van der Waals surface area (Å²) in [7, 11) is 0. The molecule has 0 saturated carbocycles. The number of carbonyl (C=O) groups excluding carboxylic acids is 3. The number of carbonyl (C=O) groups is 3. The van der Waals surface area contributed by atoms with Crippen LogP contribution in [-0.4, -0.2) is 61.3 Å². The van der Waals surface area contributed by atoms with Crippen LogP contribution >= 0.6 is 0 Å². The molecule has 0 aliphatic carbocycles. The van der Waals surface area contributed by atoms with Gasteiger partial charge in [-0.3, -0.25) is 14.4 Å². The van der Waals surface area contributed by atoms with Gasteiger partial charge in [-0.25, -0.2) is 0 Å². The SMILES string of the molecule is CC(=O)Nc1ccc(N(CC(=O)N2CCC3(CC2)OCCO3)C(C)=O)cc1. The molecule has 2 heterocycles. The third-order valence-corrected chi connectivity index (χ3v) is 4.86. The molecule has 0 unspecified atom stereocenters. The maximum Gasteiger partial charge on any atom is 0.242 e. The summed E-state index contributed by atoms with van der Waals surface area (Å²) in [6, 6.07) is 6.84. The molecule has 2 saturated heterocycles. The summed E-state index contributed by atoms with van der Waals surface area (Å²) in [5.74, 6) is -1.02. The molecule has 0 aromatic heterocycles. The van der Waals surface area contributed by atoms with Crippen molar-refractivity contribution in [1.82, 2.24) is 4.90 Å². The summed E-state index contributed by atoms with van der Waals surface area (Å²) in [5, 5.41) is 2.68. The van der Waals surface area contributed by atoms with Crippen molar-refractivity contribution in [3.63, 3.8) is 0 Å². The Bertz CT molecular complexity index is 703. The van der Waals surface area contributed by atoms with Crippen LogP contribution in [0.5, 0.6) is 0 Å². The second-order valence-electron chi connectivity index (χ2n) is 6.82. The molecule has 1 aromatic carbocycles. The lowest BCUT2D eigenvalue weighted by atomic mass is 10.0. The summed E-state index contributed by atoms with van der Waals surface area (Å²) < 4.78 is 11.4. The number of rotatable bonds is 4. The Labute approximate surface area is 158 Å². The van der Waals surface area contributed by atoms with Crippen LogP contribution in [0.2, 0.25) is 0 Å². The van der Waals surface area contributed by atoms with E-state index in [9.17, 15) is 14.4 Å². The van der Waals surface area contributed by atoms with Crippen LogP contribution < -0.4 is 10.2 Å². The van der Waals surface area contributed by atoms with Crippen molar-refractivity contribution in [1.29, 1.82) is 0 Å². The normalized spacial score (nSPS) is 18.4. The van der Waals surface area contributed by atoms with Crippen LogP contribution in [0.4, 0.5) is 11.4 Å². The Kier molecular flexibility index (Phi) is 5.76. The first kappa shape index (κ1) is 19.3. The minimum atomic E-state index is -0.531. The van der Waals surface area contributed by atoms with Crippen molar-refractivity contribution in [3.8, 4) is 0 Å². The number of nitrogens with zero attached hydrogens (tertiary/aromatic N) is 2. The van der Waals surface area contributed by atoms with Gasteiger partial charge in [-0.1, -0.05) is 0 Å². The van der Waals surface area contributed by atoms with E-state index in [-0.39, 0.29) is 24.3 Å². The number of nitrogens with one attached hydrogen (secondary N) is 1. The van der Waals surface area contributed by atoms with E-state index >= 15 is 0 Å². The maximum absolute atomic E-state index is 12.7. The number of hydrogen-bond donors (Lipinski definition) is 1. The van der Waals surface area contributed by atoms with Crippen molar-refractivity contribution in [2.75, 3.05) is 43.1 Å². The zero-order valence-electron chi connectivity index (χ0n) is 15.7. The van der Waals surface area contributed by atoms with E-state index in [1.54, 1.807) is 29.2 Å². The molecule has 3 rings (SSSR count). The fraction of sp³-hybridized carbons (Fsp3) is 0.526. The molecule has 8 heteroatoms. The lowest BCUT2D eigenvalue weighted by molar-refractivity contribution is -0.187. The van der Waals surface area contributed by atoms with Crippen molar-refractivity contribution in [2.45, 2.75) is 32.5 Å². The minimum Gasteiger partial charge on any atom is -0.347 e. The van der Waals surface area contributed by atoms with Gasteiger partial charge in [-0.15, -0.1) is 0 Å². The van der Waals surface area contributed by atoms with E-state index in [4.69, 9.17) is 9.47 Å². The second kappa shape index (κ2) is 8.06. The number of benzene rings is 1. The predicted octanol–water partition coefficient (Wildman–Crippen LogP) is 1.36. The Hall–Kier alpha value is -2.45.